The van der Waals surface area contributed by atoms with Crippen molar-refractivity contribution in [3.63, 3.8) is 0 Å². The highest BCUT2D eigenvalue weighted by Crippen LogP contribution is 2.44. The third-order valence-corrected chi connectivity index (χ3v) is 4.33. The lowest BCUT2D eigenvalue weighted by Crippen LogP contribution is -2.15. The lowest BCUT2D eigenvalue weighted by atomic mass is 9.88. The Bertz CT molecular complexity index is 850. The summed E-state index contributed by atoms with van der Waals surface area (Å²) in [6.07, 6.45) is -0.0913. The van der Waals surface area contributed by atoms with Crippen LogP contribution in [0, 0.1) is 6.92 Å². The molecule has 114 valence electrons. The number of rotatable bonds is 2. The summed E-state index contributed by atoms with van der Waals surface area (Å²) in [7, 11) is 1.68. The maximum atomic E-state index is 6.32. The molecule has 0 radical (unpaired) electrons. The van der Waals surface area contributed by atoms with Crippen LogP contribution in [0.3, 0.4) is 0 Å². The van der Waals surface area contributed by atoms with Gasteiger partial charge in [-0.2, -0.15) is 0 Å². The molecule has 0 bridgehead atoms. The molecule has 1 aliphatic heterocycles. The molecule has 0 saturated carbocycles. The maximum absolute atomic E-state index is 6.32. The van der Waals surface area contributed by atoms with Crippen LogP contribution < -0.4 is 9.47 Å². The van der Waals surface area contributed by atoms with Crippen molar-refractivity contribution in [1.29, 1.82) is 0 Å². The lowest BCUT2D eigenvalue weighted by Gasteiger charge is -2.29. The minimum Gasteiger partial charge on any atom is -0.497 e. The van der Waals surface area contributed by atoms with Gasteiger partial charge >= 0.3 is 0 Å². The maximum Gasteiger partial charge on any atom is 0.149 e. The van der Waals surface area contributed by atoms with Gasteiger partial charge in [-0.3, -0.25) is 0 Å². The van der Waals surface area contributed by atoms with Crippen molar-refractivity contribution in [3.05, 3.63) is 83.4 Å². The van der Waals surface area contributed by atoms with E-state index < -0.39 is 0 Å². The number of aryl methyl sites for hydroxylation is 1. The molecule has 0 aliphatic carbocycles. The number of hydrogen-bond donors (Lipinski definition) is 0. The molecule has 4 rings (SSSR count). The number of para-hydroxylation sites is 1. The molecule has 1 atom stereocenters. The van der Waals surface area contributed by atoms with Gasteiger partial charge in [0.15, 0.2) is 0 Å². The zero-order valence-corrected chi connectivity index (χ0v) is 13.2. The summed E-state index contributed by atoms with van der Waals surface area (Å²) in [4.78, 5) is 0. The van der Waals surface area contributed by atoms with Gasteiger partial charge in [0.1, 0.15) is 17.6 Å². The molecule has 2 heteroatoms. The molecule has 23 heavy (non-hydrogen) atoms. The van der Waals surface area contributed by atoms with Crippen LogP contribution >= 0.6 is 0 Å². The summed E-state index contributed by atoms with van der Waals surface area (Å²) < 4.78 is 11.6. The highest BCUT2D eigenvalue weighted by Gasteiger charge is 2.27. The van der Waals surface area contributed by atoms with Crippen LogP contribution in [0.25, 0.3) is 11.1 Å². The van der Waals surface area contributed by atoms with Crippen LogP contribution in [0.5, 0.6) is 11.5 Å². The fourth-order valence-corrected chi connectivity index (χ4v) is 3.14. The first kappa shape index (κ1) is 13.9. The fraction of sp³-hybridized carbons (Fsp3) is 0.143. The van der Waals surface area contributed by atoms with E-state index in [9.17, 15) is 0 Å². The lowest BCUT2D eigenvalue weighted by molar-refractivity contribution is 0.243. The number of ether oxygens (including phenoxy) is 2. The van der Waals surface area contributed by atoms with E-state index in [0.29, 0.717) is 0 Å². The third kappa shape index (κ3) is 2.36. The second-order valence-electron chi connectivity index (χ2n) is 5.86. The Kier molecular flexibility index (Phi) is 3.30. The SMILES string of the molecule is COc1ccc([C@H]2Oc3ccccc3-c3cc(C)ccc32)cc1. The predicted molar refractivity (Wildman–Crippen MR) is 92.1 cm³/mol. The molecule has 0 unspecified atom stereocenters. The topological polar surface area (TPSA) is 18.5 Å². The quantitative estimate of drug-likeness (QED) is 0.651. The molecule has 0 fully saturated rings. The van der Waals surface area contributed by atoms with E-state index in [0.717, 1.165) is 22.6 Å². The van der Waals surface area contributed by atoms with Crippen molar-refractivity contribution in [3.8, 4) is 22.6 Å². The van der Waals surface area contributed by atoms with Crippen LogP contribution in [-0.4, -0.2) is 7.11 Å². The summed E-state index contributed by atoms with van der Waals surface area (Å²) in [5.74, 6) is 1.79. The zero-order chi connectivity index (χ0) is 15.8. The normalized spacial score (nSPS) is 15.3. The van der Waals surface area contributed by atoms with Crippen LogP contribution in [0.2, 0.25) is 0 Å². The highest BCUT2D eigenvalue weighted by atomic mass is 16.5. The summed E-state index contributed by atoms with van der Waals surface area (Å²) in [5, 5.41) is 0. The van der Waals surface area contributed by atoms with Crippen LogP contribution in [0.15, 0.2) is 66.7 Å². The van der Waals surface area contributed by atoms with Gasteiger partial charge in [0, 0.05) is 11.1 Å². The van der Waals surface area contributed by atoms with E-state index in [1.807, 2.05) is 24.3 Å². The molecule has 0 aromatic heterocycles. The molecule has 0 spiro atoms. The van der Waals surface area contributed by atoms with Gasteiger partial charge in [-0.25, -0.2) is 0 Å². The molecule has 0 saturated heterocycles. The molecular weight excluding hydrogens is 284 g/mol. The molecule has 3 aromatic carbocycles. The number of benzene rings is 3. The van der Waals surface area contributed by atoms with Gasteiger partial charge in [0.25, 0.3) is 0 Å². The molecule has 1 heterocycles. The first-order valence-corrected chi connectivity index (χ1v) is 7.77. The van der Waals surface area contributed by atoms with Crippen LogP contribution in [0.1, 0.15) is 22.8 Å². The number of hydrogen-bond acceptors (Lipinski definition) is 2. The van der Waals surface area contributed by atoms with E-state index in [1.54, 1.807) is 7.11 Å². The average molecular weight is 302 g/mol. The Hall–Kier alpha value is -2.74. The Labute approximate surface area is 136 Å². The van der Waals surface area contributed by atoms with Crippen molar-refractivity contribution >= 4 is 0 Å². The Morgan fingerprint density at radius 1 is 0.870 bits per heavy atom. The number of methoxy groups -OCH3 is 1. The van der Waals surface area contributed by atoms with E-state index >= 15 is 0 Å². The summed E-state index contributed by atoms with van der Waals surface area (Å²) in [5.41, 5.74) is 6.02. The highest BCUT2D eigenvalue weighted by molar-refractivity contribution is 5.77. The Balaban J connectivity index is 1.87. The molecule has 3 aromatic rings. The monoisotopic (exact) mass is 302 g/mol. The molecule has 0 N–H and O–H groups in total. The fourth-order valence-electron chi connectivity index (χ4n) is 3.14. The standard InChI is InChI=1S/C21H18O2/c1-14-7-12-18-19(13-14)17-5-3-4-6-20(17)23-21(18)15-8-10-16(22-2)11-9-15/h3-13,21H,1-2H3/t21-/m1/s1. The summed E-state index contributed by atoms with van der Waals surface area (Å²) >= 11 is 0. The summed E-state index contributed by atoms with van der Waals surface area (Å²) in [6.45, 7) is 2.13. The molecular formula is C21H18O2. The molecule has 1 aliphatic rings. The van der Waals surface area contributed by atoms with Gasteiger partial charge in [-0.05, 0) is 36.2 Å². The zero-order valence-electron chi connectivity index (χ0n) is 13.2. The smallest absolute Gasteiger partial charge is 0.149 e. The Morgan fingerprint density at radius 3 is 2.43 bits per heavy atom. The van der Waals surface area contributed by atoms with Crippen molar-refractivity contribution in [2.45, 2.75) is 13.0 Å². The second-order valence-corrected chi connectivity index (χ2v) is 5.86. The minimum atomic E-state index is -0.0913. The van der Waals surface area contributed by atoms with E-state index in [4.69, 9.17) is 9.47 Å². The molecule has 2 nitrogen and oxygen atoms in total. The summed E-state index contributed by atoms with van der Waals surface area (Å²) in [6, 6.07) is 22.9. The molecule has 0 amide bonds. The van der Waals surface area contributed by atoms with Gasteiger partial charge < -0.3 is 9.47 Å². The van der Waals surface area contributed by atoms with E-state index in [1.165, 1.54) is 16.7 Å². The van der Waals surface area contributed by atoms with Gasteiger partial charge in [-0.1, -0.05) is 54.1 Å². The van der Waals surface area contributed by atoms with E-state index in [-0.39, 0.29) is 6.10 Å². The minimum absolute atomic E-state index is 0.0913. The predicted octanol–water partition coefficient (Wildman–Crippen LogP) is 5.15. The van der Waals surface area contributed by atoms with Crippen LogP contribution in [-0.2, 0) is 0 Å². The second kappa shape index (κ2) is 5.47. The average Bonchev–Trinajstić information content (AvgIpc) is 2.61. The first-order chi connectivity index (χ1) is 11.3. The van der Waals surface area contributed by atoms with Crippen molar-refractivity contribution in [1.82, 2.24) is 0 Å². The van der Waals surface area contributed by atoms with Crippen molar-refractivity contribution in [2.24, 2.45) is 0 Å². The van der Waals surface area contributed by atoms with Crippen LogP contribution in [0.4, 0.5) is 0 Å². The van der Waals surface area contributed by atoms with E-state index in [2.05, 4.69) is 49.4 Å². The van der Waals surface area contributed by atoms with Gasteiger partial charge in [-0.15, -0.1) is 0 Å². The van der Waals surface area contributed by atoms with Crippen molar-refractivity contribution < 1.29 is 9.47 Å². The number of fused-ring (bicyclic) bond motifs is 3. The third-order valence-electron chi connectivity index (χ3n) is 4.33. The van der Waals surface area contributed by atoms with Crippen molar-refractivity contribution in [2.75, 3.05) is 7.11 Å². The Morgan fingerprint density at radius 2 is 1.65 bits per heavy atom. The van der Waals surface area contributed by atoms with Gasteiger partial charge in [0.2, 0.25) is 0 Å². The largest absolute Gasteiger partial charge is 0.497 e. The van der Waals surface area contributed by atoms with Gasteiger partial charge in [0.05, 0.1) is 7.11 Å². The first-order valence-electron chi connectivity index (χ1n) is 7.77.